The lowest BCUT2D eigenvalue weighted by Crippen LogP contribution is -1.98. The number of rotatable bonds is 3. The fraction of sp³-hybridized carbons (Fsp3) is 0.300. The Morgan fingerprint density at radius 3 is 2.77 bits per heavy atom. The third kappa shape index (κ3) is 1.86. The second-order valence-electron chi connectivity index (χ2n) is 3.12. The van der Waals surface area contributed by atoms with Crippen LogP contribution >= 0.6 is 0 Å². The van der Waals surface area contributed by atoms with Gasteiger partial charge in [0, 0.05) is 5.56 Å². The third-order valence-corrected chi connectivity index (χ3v) is 1.91. The minimum absolute atomic E-state index is 0.177. The van der Waals surface area contributed by atoms with Crippen LogP contribution in [0.3, 0.4) is 0 Å². The lowest BCUT2D eigenvalue weighted by molar-refractivity contribution is 0.112. The van der Waals surface area contributed by atoms with Crippen molar-refractivity contribution in [2.24, 2.45) is 0 Å². The summed E-state index contributed by atoms with van der Waals surface area (Å²) in [6.45, 7) is 0. The van der Waals surface area contributed by atoms with E-state index in [1.54, 1.807) is 6.07 Å². The maximum atomic E-state index is 13.1. The molecule has 0 unspecified atom stereocenters. The van der Waals surface area contributed by atoms with Crippen molar-refractivity contribution >= 4 is 6.29 Å². The molecular weight excluding hydrogens is 171 g/mol. The van der Waals surface area contributed by atoms with Crippen LogP contribution in [0.25, 0.3) is 0 Å². The van der Waals surface area contributed by atoms with E-state index in [4.69, 9.17) is 4.74 Å². The van der Waals surface area contributed by atoms with Crippen LogP contribution in [0, 0.1) is 5.82 Å². The van der Waals surface area contributed by atoms with Crippen LogP contribution in [0.4, 0.5) is 4.39 Å². The van der Waals surface area contributed by atoms with E-state index in [-0.39, 0.29) is 11.9 Å². The molecule has 1 aliphatic rings. The number of ether oxygens (including phenoxy) is 1. The molecule has 13 heavy (non-hydrogen) atoms. The molecular formula is C10H9FO2. The molecule has 1 aliphatic carbocycles. The first-order valence-electron chi connectivity index (χ1n) is 4.21. The number of carbonyl (C=O) groups excluding carboxylic acids is 1. The molecule has 68 valence electrons. The Morgan fingerprint density at radius 2 is 2.23 bits per heavy atom. The quantitative estimate of drug-likeness (QED) is 0.666. The van der Waals surface area contributed by atoms with Crippen molar-refractivity contribution < 1.29 is 13.9 Å². The van der Waals surface area contributed by atoms with Crippen molar-refractivity contribution in [2.45, 2.75) is 18.9 Å². The number of hydrogen-bond acceptors (Lipinski definition) is 2. The number of hydrogen-bond donors (Lipinski definition) is 0. The Hall–Kier alpha value is -1.38. The van der Waals surface area contributed by atoms with Crippen molar-refractivity contribution in [3.05, 3.63) is 29.6 Å². The van der Waals surface area contributed by atoms with Crippen molar-refractivity contribution in [1.82, 2.24) is 0 Å². The summed E-state index contributed by atoms with van der Waals surface area (Å²) in [6, 6.07) is 4.23. The maximum Gasteiger partial charge on any atom is 0.165 e. The standard InChI is InChI=1S/C10H9FO2/c11-9-5-7(6-12)1-4-10(9)13-8-2-3-8/h1,4-6,8H,2-3H2. The molecule has 1 aromatic carbocycles. The van der Waals surface area contributed by atoms with E-state index in [0.717, 1.165) is 12.8 Å². The predicted octanol–water partition coefficient (Wildman–Crippen LogP) is 2.18. The molecule has 0 radical (unpaired) electrons. The first-order chi connectivity index (χ1) is 6.29. The molecule has 1 aromatic rings. The van der Waals surface area contributed by atoms with Gasteiger partial charge in [0.25, 0.3) is 0 Å². The number of halogens is 1. The van der Waals surface area contributed by atoms with Crippen LogP contribution in [-0.4, -0.2) is 12.4 Å². The van der Waals surface area contributed by atoms with Gasteiger partial charge in [-0.1, -0.05) is 0 Å². The summed E-state index contributed by atoms with van der Waals surface area (Å²) in [6.07, 6.45) is 2.78. The normalized spacial score (nSPS) is 15.5. The first-order valence-corrected chi connectivity index (χ1v) is 4.21. The van der Waals surface area contributed by atoms with Crippen LogP contribution in [0.15, 0.2) is 18.2 Å². The molecule has 1 saturated carbocycles. The average molecular weight is 180 g/mol. The zero-order valence-corrected chi connectivity index (χ0v) is 7.00. The van der Waals surface area contributed by atoms with Crippen molar-refractivity contribution in [3.8, 4) is 5.75 Å². The summed E-state index contributed by atoms with van der Waals surface area (Å²) in [5, 5.41) is 0. The van der Waals surface area contributed by atoms with Gasteiger partial charge in [0.15, 0.2) is 11.6 Å². The summed E-state index contributed by atoms with van der Waals surface area (Å²) in [7, 11) is 0. The number of benzene rings is 1. The fourth-order valence-corrected chi connectivity index (χ4v) is 1.05. The highest BCUT2D eigenvalue weighted by Crippen LogP contribution is 2.28. The molecule has 0 bridgehead atoms. The minimum Gasteiger partial charge on any atom is -0.487 e. The molecule has 0 amide bonds. The van der Waals surface area contributed by atoms with Gasteiger partial charge in [-0.3, -0.25) is 4.79 Å². The van der Waals surface area contributed by atoms with E-state index in [2.05, 4.69) is 0 Å². The van der Waals surface area contributed by atoms with Gasteiger partial charge in [0.05, 0.1) is 6.10 Å². The Kier molecular flexibility index (Phi) is 2.00. The molecule has 1 fully saturated rings. The van der Waals surface area contributed by atoms with Gasteiger partial charge >= 0.3 is 0 Å². The largest absolute Gasteiger partial charge is 0.487 e. The SMILES string of the molecule is O=Cc1ccc(OC2CC2)c(F)c1. The average Bonchev–Trinajstić information content (AvgIpc) is 2.92. The zero-order chi connectivity index (χ0) is 9.26. The van der Waals surface area contributed by atoms with Gasteiger partial charge in [-0.15, -0.1) is 0 Å². The topological polar surface area (TPSA) is 26.3 Å². The first kappa shape index (κ1) is 8.23. The fourth-order valence-electron chi connectivity index (χ4n) is 1.05. The van der Waals surface area contributed by atoms with E-state index in [1.807, 2.05) is 0 Å². The molecule has 0 N–H and O–H groups in total. The Morgan fingerprint density at radius 1 is 1.46 bits per heavy atom. The second-order valence-corrected chi connectivity index (χ2v) is 3.12. The van der Waals surface area contributed by atoms with E-state index >= 15 is 0 Å². The highest BCUT2D eigenvalue weighted by Gasteiger charge is 2.24. The summed E-state index contributed by atoms with van der Waals surface area (Å²) < 4.78 is 18.4. The Balaban J connectivity index is 2.20. The molecule has 3 heteroatoms. The van der Waals surface area contributed by atoms with Gasteiger partial charge in [0.1, 0.15) is 6.29 Å². The van der Waals surface area contributed by atoms with Gasteiger partial charge in [0.2, 0.25) is 0 Å². The number of aldehydes is 1. The molecule has 0 aromatic heterocycles. The zero-order valence-electron chi connectivity index (χ0n) is 7.00. The lowest BCUT2D eigenvalue weighted by atomic mass is 10.2. The van der Waals surface area contributed by atoms with Crippen LogP contribution in [0.2, 0.25) is 0 Å². The summed E-state index contributed by atoms with van der Waals surface area (Å²) in [4.78, 5) is 10.3. The minimum atomic E-state index is -0.462. The molecule has 0 spiro atoms. The number of carbonyl (C=O) groups is 1. The van der Waals surface area contributed by atoms with Crippen molar-refractivity contribution in [2.75, 3.05) is 0 Å². The molecule has 2 nitrogen and oxygen atoms in total. The second kappa shape index (κ2) is 3.17. The predicted molar refractivity (Wildman–Crippen MR) is 45.4 cm³/mol. The summed E-state index contributed by atoms with van der Waals surface area (Å²) >= 11 is 0. The maximum absolute atomic E-state index is 13.1. The Bertz CT molecular complexity index is 332. The molecule has 0 aliphatic heterocycles. The van der Waals surface area contributed by atoms with Crippen molar-refractivity contribution in [1.29, 1.82) is 0 Å². The van der Waals surface area contributed by atoms with E-state index < -0.39 is 5.82 Å². The van der Waals surface area contributed by atoms with Gasteiger partial charge in [-0.2, -0.15) is 0 Å². The highest BCUT2D eigenvalue weighted by molar-refractivity contribution is 5.74. The van der Waals surface area contributed by atoms with Gasteiger partial charge in [-0.05, 0) is 31.0 Å². The molecule has 0 heterocycles. The van der Waals surface area contributed by atoms with Gasteiger partial charge in [-0.25, -0.2) is 4.39 Å². The summed E-state index contributed by atoms with van der Waals surface area (Å²) in [5.74, 6) is -0.218. The molecule has 0 saturated heterocycles. The van der Waals surface area contributed by atoms with Crippen molar-refractivity contribution in [3.63, 3.8) is 0 Å². The molecule has 0 atom stereocenters. The highest BCUT2D eigenvalue weighted by atomic mass is 19.1. The lowest BCUT2D eigenvalue weighted by Gasteiger charge is -2.04. The van der Waals surface area contributed by atoms with Crippen LogP contribution < -0.4 is 4.74 Å². The molecule has 2 rings (SSSR count). The van der Waals surface area contributed by atoms with E-state index in [0.29, 0.717) is 11.8 Å². The third-order valence-electron chi connectivity index (χ3n) is 1.91. The van der Waals surface area contributed by atoms with E-state index in [1.165, 1.54) is 12.1 Å². The van der Waals surface area contributed by atoms with Crippen LogP contribution in [0.1, 0.15) is 23.2 Å². The van der Waals surface area contributed by atoms with Gasteiger partial charge < -0.3 is 4.74 Å². The summed E-state index contributed by atoms with van der Waals surface area (Å²) in [5.41, 5.74) is 0.334. The van der Waals surface area contributed by atoms with E-state index in [9.17, 15) is 9.18 Å². The van der Waals surface area contributed by atoms with Crippen LogP contribution in [-0.2, 0) is 0 Å². The monoisotopic (exact) mass is 180 g/mol. The Labute approximate surface area is 75.3 Å². The smallest absolute Gasteiger partial charge is 0.165 e. The van der Waals surface area contributed by atoms with Crippen LogP contribution in [0.5, 0.6) is 5.75 Å².